The maximum atomic E-state index is 13.0. The SMILES string of the molecule is Cc1nc(SC(C)C(=O)NC(C)c2ccccc2)c2c(=O)n(C)c(=O)n(CC(C)C)c2n1. The molecule has 0 spiro atoms. The summed E-state index contributed by atoms with van der Waals surface area (Å²) in [5, 5.41) is 3.17. The van der Waals surface area contributed by atoms with Crippen molar-refractivity contribution in [3.05, 3.63) is 62.6 Å². The number of hydrogen-bond donors (Lipinski definition) is 1. The first kappa shape index (κ1) is 23.7. The lowest BCUT2D eigenvalue weighted by Gasteiger charge is -2.19. The van der Waals surface area contributed by atoms with Crippen molar-refractivity contribution in [1.29, 1.82) is 0 Å². The molecular weight excluding hydrogens is 426 g/mol. The van der Waals surface area contributed by atoms with Crippen molar-refractivity contribution in [2.45, 2.75) is 57.5 Å². The molecule has 32 heavy (non-hydrogen) atoms. The Morgan fingerprint density at radius 1 is 1.09 bits per heavy atom. The Balaban J connectivity index is 1.98. The van der Waals surface area contributed by atoms with Crippen LogP contribution in [0.15, 0.2) is 44.9 Å². The minimum atomic E-state index is -0.506. The van der Waals surface area contributed by atoms with Crippen LogP contribution in [0.2, 0.25) is 0 Å². The van der Waals surface area contributed by atoms with E-state index >= 15 is 0 Å². The Morgan fingerprint density at radius 3 is 2.38 bits per heavy atom. The smallest absolute Gasteiger partial charge is 0.332 e. The van der Waals surface area contributed by atoms with E-state index in [9.17, 15) is 14.4 Å². The number of nitrogens with zero attached hydrogens (tertiary/aromatic N) is 4. The standard InChI is InChI=1S/C23H29N5O3S/c1-13(2)12-28-19-18(22(30)27(6)23(28)31)21(26-16(5)25-19)32-15(4)20(29)24-14(3)17-10-8-7-9-11-17/h7-11,13-15H,12H2,1-6H3,(H,24,29). The third kappa shape index (κ3) is 4.93. The van der Waals surface area contributed by atoms with Gasteiger partial charge < -0.3 is 5.32 Å². The van der Waals surface area contributed by atoms with Crippen LogP contribution in [0.25, 0.3) is 11.0 Å². The molecule has 3 aromatic rings. The highest BCUT2D eigenvalue weighted by atomic mass is 32.2. The number of fused-ring (bicyclic) bond motifs is 1. The molecule has 170 valence electrons. The average molecular weight is 456 g/mol. The largest absolute Gasteiger partial charge is 0.349 e. The highest BCUT2D eigenvalue weighted by Gasteiger charge is 2.23. The number of hydrogen-bond acceptors (Lipinski definition) is 6. The van der Waals surface area contributed by atoms with Gasteiger partial charge in [0.2, 0.25) is 5.91 Å². The first-order chi connectivity index (χ1) is 15.1. The zero-order chi connectivity index (χ0) is 23.6. The summed E-state index contributed by atoms with van der Waals surface area (Å²) in [7, 11) is 1.45. The third-order valence-electron chi connectivity index (χ3n) is 5.12. The van der Waals surface area contributed by atoms with E-state index in [1.807, 2.05) is 51.1 Å². The van der Waals surface area contributed by atoms with Crippen molar-refractivity contribution in [2.24, 2.45) is 13.0 Å². The summed E-state index contributed by atoms with van der Waals surface area (Å²) in [5.74, 6) is 0.461. The van der Waals surface area contributed by atoms with Gasteiger partial charge in [-0.1, -0.05) is 55.9 Å². The number of carbonyl (C=O) groups excluding carboxylic acids is 1. The van der Waals surface area contributed by atoms with Crippen LogP contribution in [0.3, 0.4) is 0 Å². The molecule has 1 N–H and O–H groups in total. The molecule has 0 bridgehead atoms. The molecule has 2 heterocycles. The molecule has 0 aliphatic carbocycles. The average Bonchev–Trinajstić information content (AvgIpc) is 2.75. The Morgan fingerprint density at radius 2 is 1.75 bits per heavy atom. The molecule has 8 nitrogen and oxygen atoms in total. The van der Waals surface area contributed by atoms with Crippen LogP contribution >= 0.6 is 11.8 Å². The predicted molar refractivity (Wildman–Crippen MR) is 127 cm³/mol. The molecule has 1 amide bonds. The van der Waals surface area contributed by atoms with Gasteiger partial charge in [0.05, 0.1) is 11.3 Å². The van der Waals surface area contributed by atoms with Crippen LogP contribution in [0.5, 0.6) is 0 Å². The molecule has 2 unspecified atom stereocenters. The summed E-state index contributed by atoms with van der Waals surface area (Å²) in [6, 6.07) is 9.55. The Bertz CT molecular complexity index is 1250. The molecule has 2 atom stereocenters. The van der Waals surface area contributed by atoms with Gasteiger partial charge >= 0.3 is 5.69 Å². The van der Waals surface area contributed by atoms with Gasteiger partial charge in [-0.2, -0.15) is 0 Å². The lowest BCUT2D eigenvalue weighted by molar-refractivity contribution is -0.120. The number of rotatable bonds is 7. The van der Waals surface area contributed by atoms with E-state index in [-0.39, 0.29) is 23.3 Å². The maximum absolute atomic E-state index is 13.0. The fourth-order valence-corrected chi connectivity index (χ4v) is 4.42. The number of nitrogens with one attached hydrogen (secondary N) is 1. The Hall–Kier alpha value is -2.94. The summed E-state index contributed by atoms with van der Waals surface area (Å²) in [6.07, 6.45) is 0. The molecule has 0 aliphatic rings. The Kier molecular flexibility index (Phi) is 7.18. The van der Waals surface area contributed by atoms with Gasteiger partial charge in [0.1, 0.15) is 16.2 Å². The highest BCUT2D eigenvalue weighted by molar-refractivity contribution is 8.00. The third-order valence-corrected chi connectivity index (χ3v) is 6.21. The van der Waals surface area contributed by atoms with E-state index in [0.29, 0.717) is 23.0 Å². The normalized spacial score (nSPS) is 13.3. The minimum Gasteiger partial charge on any atom is -0.349 e. The molecule has 1 aromatic carbocycles. The molecule has 0 saturated carbocycles. The Labute approximate surface area is 191 Å². The van der Waals surface area contributed by atoms with E-state index in [2.05, 4.69) is 15.3 Å². The van der Waals surface area contributed by atoms with E-state index in [0.717, 1.165) is 10.1 Å². The summed E-state index contributed by atoms with van der Waals surface area (Å²) >= 11 is 1.20. The second kappa shape index (κ2) is 9.68. The van der Waals surface area contributed by atoms with Crippen molar-refractivity contribution in [2.75, 3.05) is 0 Å². The highest BCUT2D eigenvalue weighted by Crippen LogP contribution is 2.27. The van der Waals surface area contributed by atoms with Crippen molar-refractivity contribution in [3.63, 3.8) is 0 Å². The zero-order valence-corrected chi connectivity index (χ0v) is 20.1. The molecule has 2 aromatic heterocycles. The summed E-state index contributed by atoms with van der Waals surface area (Å²) < 4.78 is 2.60. The first-order valence-corrected chi connectivity index (χ1v) is 11.5. The molecule has 3 rings (SSSR count). The number of aromatic nitrogens is 4. The molecule has 0 saturated heterocycles. The van der Waals surface area contributed by atoms with Crippen LogP contribution in [-0.2, 0) is 18.4 Å². The van der Waals surface area contributed by atoms with Crippen molar-refractivity contribution in [1.82, 2.24) is 24.4 Å². The van der Waals surface area contributed by atoms with Gasteiger partial charge in [0.25, 0.3) is 5.56 Å². The number of aryl methyl sites for hydroxylation is 1. The fourth-order valence-electron chi connectivity index (χ4n) is 3.43. The van der Waals surface area contributed by atoms with E-state index in [1.165, 1.54) is 23.4 Å². The van der Waals surface area contributed by atoms with E-state index < -0.39 is 16.5 Å². The topological polar surface area (TPSA) is 98.9 Å². The van der Waals surface area contributed by atoms with E-state index in [1.54, 1.807) is 13.8 Å². The van der Waals surface area contributed by atoms with Gasteiger partial charge in [-0.25, -0.2) is 14.8 Å². The van der Waals surface area contributed by atoms with Crippen LogP contribution in [0.4, 0.5) is 0 Å². The second-order valence-corrected chi connectivity index (χ2v) is 9.66. The number of benzene rings is 1. The lowest BCUT2D eigenvalue weighted by atomic mass is 10.1. The minimum absolute atomic E-state index is 0.153. The molecular formula is C23H29N5O3S. The van der Waals surface area contributed by atoms with Gasteiger partial charge in [-0.05, 0) is 32.3 Å². The number of thioether (sulfide) groups is 1. The van der Waals surface area contributed by atoms with Gasteiger partial charge in [0.15, 0.2) is 5.65 Å². The summed E-state index contributed by atoms with van der Waals surface area (Å²) in [4.78, 5) is 47.5. The van der Waals surface area contributed by atoms with Crippen molar-refractivity contribution < 1.29 is 4.79 Å². The zero-order valence-electron chi connectivity index (χ0n) is 19.2. The molecule has 0 fully saturated rings. The molecule has 0 aliphatic heterocycles. The van der Waals surface area contributed by atoms with Crippen LogP contribution in [0.1, 0.15) is 45.1 Å². The van der Waals surface area contributed by atoms with Crippen molar-refractivity contribution in [3.8, 4) is 0 Å². The second-order valence-electron chi connectivity index (χ2n) is 8.33. The monoisotopic (exact) mass is 455 g/mol. The molecule has 0 radical (unpaired) electrons. The van der Waals surface area contributed by atoms with Crippen LogP contribution < -0.4 is 16.6 Å². The van der Waals surface area contributed by atoms with Crippen LogP contribution in [0, 0.1) is 12.8 Å². The lowest BCUT2D eigenvalue weighted by Crippen LogP contribution is -2.40. The summed E-state index contributed by atoms with van der Waals surface area (Å²) in [5.41, 5.74) is 0.450. The van der Waals surface area contributed by atoms with Gasteiger partial charge in [-0.15, -0.1) is 0 Å². The van der Waals surface area contributed by atoms with Crippen molar-refractivity contribution >= 4 is 28.7 Å². The number of carbonyl (C=O) groups is 1. The first-order valence-electron chi connectivity index (χ1n) is 10.6. The van der Waals surface area contributed by atoms with Gasteiger partial charge in [0, 0.05) is 13.6 Å². The molecule has 9 heteroatoms. The quantitative estimate of drug-likeness (QED) is 0.434. The van der Waals surface area contributed by atoms with Crippen LogP contribution in [-0.4, -0.2) is 30.3 Å². The predicted octanol–water partition coefficient (Wildman–Crippen LogP) is 2.81. The number of amides is 1. The fraction of sp³-hybridized carbons (Fsp3) is 0.435. The van der Waals surface area contributed by atoms with Gasteiger partial charge in [-0.3, -0.25) is 18.7 Å². The van der Waals surface area contributed by atoms with E-state index in [4.69, 9.17) is 0 Å². The summed E-state index contributed by atoms with van der Waals surface area (Å²) in [6.45, 7) is 9.83. The maximum Gasteiger partial charge on any atom is 0.332 e.